The fourth-order valence-electron chi connectivity index (χ4n) is 18.5. The highest BCUT2D eigenvalue weighted by Crippen LogP contribution is 2.45. The minimum atomic E-state index is 0.574. The Hall–Kier alpha value is -18.7. The van der Waals surface area contributed by atoms with Gasteiger partial charge in [0.15, 0.2) is 34.9 Å². The van der Waals surface area contributed by atoms with Crippen LogP contribution in [-0.2, 0) is 0 Å². The van der Waals surface area contributed by atoms with Gasteiger partial charge in [-0.2, -0.15) is 0 Å². The van der Waals surface area contributed by atoms with E-state index in [1.807, 2.05) is 18.3 Å². The second kappa shape index (κ2) is 42.3. The molecule has 0 aliphatic heterocycles. The summed E-state index contributed by atoms with van der Waals surface area (Å²) in [5.74, 6) is 3.49. The smallest absolute Gasteiger partial charge is 0.164 e. The maximum absolute atomic E-state index is 5.38. The molecule has 0 spiro atoms. The van der Waals surface area contributed by atoms with Crippen molar-refractivity contribution in [2.24, 2.45) is 0 Å². The number of pyridine rings is 1. The molecule has 22 aromatic rings. The molecule has 0 saturated heterocycles. The van der Waals surface area contributed by atoms with Crippen LogP contribution in [0.4, 0.5) is 0 Å². The molecule has 3 aromatic heterocycles. The summed E-state index contributed by atoms with van der Waals surface area (Å²) < 4.78 is 0. The Bertz CT molecular complexity index is 7080. The van der Waals surface area contributed by atoms with E-state index >= 15 is 0 Å². The summed E-state index contributed by atoms with van der Waals surface area (Å²) in [6, 6.07) is 194. The molecule has 0 N–H and O–H groups in total. The van der Waals surface area contributed by atoms with Crippen molar-refractivity contribution in [3.8, 4) is 90.6 Å². The Morgan fingerprint density at radius 2 is 0.250 bits per heavy atom. The third-order valence-electron chi connectivity index (χ3n) is 25.0. The van der Waals surface area contributed by atoms with Gasteiger partial charge in [0.25, 0.3) is 0 Å². The molecule has 0 amide bonds. The van der Waals surface area contributed by atoms with E-state index in [0.29, 0.717) is 34.9 Å². The first kappa shape index (κ1) is 87.9. The van der Waals surface area contributed by atoms with Crippen LogP contribution in [0.25, 0.3) is 135 Å². The molecule has 660 valence electrons. The van der Waals surface area contributed by atoms with Crippen LogP contribution in [0.5, 0.6) is 0 Å². The van der Waals surface area contributed by atoms with Gasteiger partial charge in [-0.05, 0) is 186 Å². The molecule has 140 heavy (non-hydrogen) atoms. The predicted molar refractivity (Wildman–Crippen MR) is 578 cm³/mol. The molecule has 0 atom stereocenters. The lowest BCUT2D eigenvalue weighted by Gasteiger charge is -2.19. The summed E-state index contributed by atoms with van der Waals surface area (Å²) in [6.45, 7) is 0. The minimum absolute atomic E-state index is 0.574. The maximum atomic E-state index is 5.38. The lowest BCUT2D eigenvalue weighted by molar-refractivity contribution is 1.07. The second-order valence-corrected chi connectivity index (χ2v) is 34.1. The summed E-state index contributed by atoms with van der Waals surface area (Å²) in [4.78, 5) is 36.3. The normalized spacial score (nSPS) is 10.9. The number of rotatable bonds is 24. The first-order valence-electron chi connectivity index (χ1n) is 47.2. The van der Waals surface area contributed by atoms with Gasteiger partial charge in [-0.25, -0.2) is 29.9 Å². The molecule has 3 heterocycles. The van der Waals surface area contributed by atoms with E-state index < -0.39 is 0 Å². The first-order chi connectivity index (χ1) is 69.5. The molecule has 0 aliphatic carbocycles. The van der Waals surface area contributed by atoms with Gasteiger partial charge in [0.2, 0.25) is 0 Å². The number of aromatic nitrogens is 7. The Balaban J connectivity index is 0.000000166. The number of benzene rings is 19. The third-order valence-corrected chi connectivity index (χ3v) is 25.0. The number of hydrogen-bond acceptors (Lipinski definition) is 7. The van der Waals surface area contributed by atoms with Gasteiger partial charge in [0.1, 0.15) is 0 Å². The van der Waals surface area contributed by atoms with Gasteiger partial charge in [-0.15, -0.1) is 0 Å². The van der Waals surface area contributed by atoms with E-state index in [9.17, 15) is 0 Å². The monoisotopic (exact) mass is 1790 g/mol. The van der Waals surface area contributed by atoms with E-state index in [-0.39, 0.29) is 0 Å². The topological polar surface area (TPSA) is 90.2 Å². The zero-order valence-electron chi connectivity index (χ0n) is 76.8. The molecule has 7 nitrogen and oxygen atoms in total. The van der Waals surface area contributed by atoms with Crippen LogP contribution in [0.15, 0.2) is 564 Å². The van der Waals surface area contributed by atoms with Gasteiger partial charge in [0.05, 0.1) is 0 Å². The Morgan fingerprint density at radius 3 is 0.443 bits per heavy atom. The zero-order chi connectivity index (χ0) is 93.8. The quantitative estimate of drug-likeness (QED) is 0.0557. The lowest BCUT2D eigenvalue weighted by atomic mass is 9.85. The standard InChI is InChI=1S/C67H47N3.C66H46N4/c1-8-24-48(25-9-1)49-42-44-56(45-43-49)65-68-66(59-40-22-38-57(46-59)63(54-34-18-6-19-35-54)61(50-26-10-2-11-27-50)51-28-12-3-13-29-51)70-67(69-65)60-41-23-39-58(47-60)64(55-36-20-7-21-37-55)62(52-30-14-4-15-31-52)53-32-16-5-17-33-53;1-7-22-48(23-8-1)60(49-24-9-2-10-25-49)62(52-30-15-5-16-31-52)55-34-19-36-57(44-55)65-68-64(54-41-39-47(40-42-54)59-38-21-43-67-46-59)69-66(70-65)58-37-20-35-56(45-58)63(53-32-17-6-18-33-53)61(50-26-11-3-12-27-50)51-28-13-4-14-29-51/h1-47H;1-46H. The molecule has 0 bridgehead atoms. The van der Waals surface area contributed by atoms with Crippen molar-refractivity contribution in [3.05, 3.63) is 653 Å². The summed E-state index contributed by atoms with van der Waals surface area (Å²) >= 11 is 0. The van der Waals surface area contributed by atoms with Gasteiger partial charge in [0, 0.05) is 45.8 Å². The van der Waals surface area contributed by atoms with Crippen LogP contribution in [0.2, 0.25) is 0 Å². The van der Waals surface area contributed by atoms with E-state index in [2.05, 4.69) is 545 Å². The number of nitrogens with zero attached hydrogens (tertiary/aromatic N) is 7. The van der Waals surface area contributed by atoms with Crippen LogP contribution in [0.1, 0.15) is 89.0 Å². The van der Waals surface area contributed by atoms with Crippen molar-refractivity contribution in [2.75, 3.05) is 0 Å². The summed E-state index contributed by atoms with van der Waals surface area (Å²) in [7, 11) is 0. The van der Waals surface area contributed by atoms with Crippen LogP contribution in [-0.4, -0.2) is 34.9 Å². The average Bonchev–Trinajstić information content (AvgIpc) is 0.774. The number of hydrogen-bond donors (Lipinski definition) is 0. The lowest BCUT2D eigenvalue weighted by Crippen LogP contribution is -2.02. The van der Waals surface area contributed by atoms with Crippen molar-refractivity contribution in [1.82, 2.24) is 34.9 Å². The third kappa shape index (κ3) is 20.0. The average molecular weight is 1790 g/mol. The fourth-order valence-corrected chi connectivity index (χ4v) is 18.5. The molecule has 0 aliphatic rings. The highest BCUT2D eigenvalue weighted by Gasteiger charge is 2.26. The van der Waals surface area contributed by atoms with Gasteiger partial charge >= 0.3 is 0 Å². The summed E-state index contributed by atoms with van der Waals surface area (Å²) in [6.07, 6.45) is 3.67. The largest absolute Gasteiger partial charge is 0.264 e. The fraction of sp³-hybridized carbons (Fsp3) is 0. The van der Waals surface area contributed by atoms with E-state index in [4.69, 9.17) is 29.9 Å². The molecule has 19 aromatic carbocycles. The molecule has 0 unspecified atom stereocenters. The highest BCUT2D eigenvalue weighted by atomic mass is 15.0. The highest BCUT2D eigenvalue weighted by molar-refractivity contribution is 6.09. The molecule has 0 fully saturated rings. The Labute approximate surface area is 817 Å². The van der Waals surface area contributed by atoms with Gasteiger partial charge in [-0.3, -0.25) is 4.98 Å². The molecule has 7 heteroatoms. The van der Waals surface area contributed by atoms with E-state index in [0.717, 1.165) is 189 Å². The van der Waals surface area contributed by atoms with Crippen molar-refractivity contribution >= 4 is 44.6 Å². The molecule has 0 saturated carbocycles. The van der Waals surface area contributed by atoms with Crippen molar-refractivity contribution in [3.63, 3.8) is 0 Å². The van der Waals surface area contributed by atoms with Crippen molar-refractivity contribution in [1.29, 1.82) is 0 Å². The van der Waals surface area contributed by atoms with Gasteiger partial charge < -0.3 is 0 Å². The van der Waals surface area contributed by atoms with Crippen LogP contribution in [0, 0.1) is 0 Å². The SMILES string of the molecule is c1ccc(C(=C(c2ccccc2)c2cccc(-c3nc(-c4ccc(-c5ccccc5)cc4)nc(-c4cccc(C(=C(c5ccccc5)c5ccccc5)c5ccccc5)c4)n3)c2)c2ccccc2)cc1.c1ccc(C(=C(c2ccccc2)c2cccc(-c3nc(-c4ccc(-c5cccnc5)cc4)nc(-c4cccc(C(=C(c5ccccc5)c5ccccc5)c5ccccc5)c4)n3)c2)c2ccccc2)cc1. The maximum Gasteiger partial charge on any atom is 0.164 e. The van der Waals surface area contributed by atoms with Crippen LogP contribution in [0.3, 0.4) is 0 Å². The Morgan fingerprint density at radius 1 is 0.107 bits per heavy atom. The van der Waals surface area contributed by atoms with Crippen LogP contribution >= 0.6 is 0 Å². The van der Waals surface area contributed by atoms with E-state index in [1.54, 1.807) is 6.20 Å². The van der Waals surface area contributed by atoms with Crippen LogP contribution < -0.4 is 0 Å². The zero-order valence-corrected chi connectivity index (χ0v) is 76.8. The van der Waals surface area contributed by atoms with Gasteiger partial charge in [-0.1, -0.05) is 522 Å². The predicted octanol–water partition coefficient (Wildman–Crippen LogP) is 32.5. The molecule has 0 radical (unpaired) electrons. The first-order valence-corrected chi connectivity index (χ1v) is 47.2. The molecule has 22 rings (SSSR count). The Kier molecular flexibility index (Phi) is 26.5. The minimum Gasteiger partial charge on any atom is -0.264 e. The second-order valence-electron chi connectivity index (χ2n) is 34.1. The van der Waals surface area contributed by atoms with E-state index in [1.165, 1.54) is 0 Å². The summed E-state index contributed by atoms with van der Waals surface area (Å²) in [5, 5.41) is 0. The summed E-state index contributed by atoms with van der Waals surface area (Å²) in [5.41, 5.74) is 36.4. The van der Waals surface area contributed by atoms with Crippen molar-refractivity contribution in [2.45, 2.75) is 0 Å². The van der Waals surface area contributed by atoms with Crippen molar-refractivity contribution < 1.29 is 0 Å². The molecular weight excluding hydrogens is 1700 g/mol. The molecular formula is C133H93N7.